The molecule has 0 fully saturated rings. The van der Waals surface area contributed by atoms with Gasteiger partial charge in [0.1, 0.15) is 8.24 Å². The lowest BCUT2D eigenvalue weighted by Gasteiger charge is -2.50. The summed E-state index contributed by atoms with van der Waals surface area (Å²) in [7, 11) is -5.14. The van der Waals surface area contributed by atoms with Crippen molar-refractivity contribution in [3.63, 3.8) is 0 Å². The zero-order valence-corrected chi connectivity index (χ0v) is 17.8. The molecule has 0 aromatic rings. The first-order chi connectivity index (χ1) is 8.21. The van der Waals surface area contributed by atoms with E-state index >= 15 is 0 Å². The van der Waals surface area contributed by atoms with Gasteiger partial charge in [-0.25, -0.2) is 0 Å². The summed E-state index contributed by atoms with van der Waals surface area (Å²) < 4.78 is 9.50. The van der Waals surface area contributed by atoms with E-state index in [0.29, 0.717) is 0 Å². The largest absolute Gasteiger partial charge is 0.441 e. The molecule has 0 aromatic heterocycles. The van der Waals surface area contributed by atoms with Crippen LogP contribution in [0.2, 0.25) is 44.3 Å². The first-order valence-electron chi connectivity index (χ1n) is 7.33. The molecule has 1 unspecified atom stereocenters. The predicted octanol–water partition coefficient (Wildman–Crippen LogP) is 4.96. The molecule has 0 aliphatic heterocycles. The second kappa shape index (κ2) is 5.97. The highest BCUT2D eigenvalue weighted by Gasteiger charge is 2.47. The van der Waals surface area contributed by atoms with Gasteiger partial charge in [-0.2, -0.15) is 0 Å². The van der Waals surface area contributed by atoms with Gasteiger partial charge in [-0.05, 0) is 31.2 Å². The maximum absolute atomic E-state index is 6.84. The van der Waals surface area contributed by atoms with Crippen molar-refractivity contribution in [1.29, 1.82) is 0 Å². The van der Waals surface area contributed by atoms with Crippen molar-refractivity contribution < 1.29 is 4.12 Å². The molecule has 2 nitrogen and oxygen atoms in total. The Morgan fingerprint density at radius 2 is 1.47 bits per heavy atom. The Balaban J connectivity index is 5.46. The molecule has 0 spiro atoms. The average molecular weight is 318 g/mol. The molecular weight excluding hydrogens is 282 g/mol. The molecule has 0 rings (SSSR count). The SMILES string of the molecule is C=C[Si](C)(O[Si](C)(C)C(C)(C)C)N(CC)[Si](C)(C)C. The molecule has 5 heteroatoms. The average Bonchev–Trinajstić information content (AvgIpc) is 2.13. The van der Waals surface area contributed by atoms with Crippen molar-refractivity contribution in [2.24, 2.45) is 0 Å². The van der Waals surface area contributed by atoms with Crippen LogP contribution in [0.1, 0.15) is 27.7 Å². The van der Waals surface area contributed by atoms with Crippen LogP contribution in [0.25, 0.3) is 0 Å². The standard InChI is InChI=1S/C14H35NOSi3/c1-12-15(17(6,7)8)19(11,13-2)16-18(9,10)14(3,4)5/h13H,2,12H2,1,3-11H3. The van der Waals surface area contributed by atoms with Gasteiger partial charge >= 0.3 is 0 Å². The predicted molar refractivity (Wildman–Crippen MR) is 95.8 cm³/mol. The van der Waals surface area contributed by atoms with E-state index < -0.39 is 25.0 Å². The maximum atomic E-state index is 6.84. The van der Waals surface area contributed by atoms with E-state index in [1.54, 1.807) is 0 Å². The van der Waals surface area contributed by atoms with Crippen molar-refractivity contribution in [3.8, 4) is 0 Å². The molecule has 114 valence electrons. The summed E-state index contributed by atoms with van der Waals surface area (Å²) in [5.41, 5.74) is 2.13. The molecule has 0 aliphatic rings. The summed E-state index contributed by atoms with van der Waals surface area (Å²) in [5, 5.41) is 0.253. The van der Waals surface area contributed by atoms with Gasteiger partial charge in [0.2, 0.25) is 0 Å². The Morgan fingerprint density at radius 1 is 1.05 bits per heavy atom. The van der Waals surface area contributed by atoms with Gasteiger partial charge in [0.25, 0.3) is 8.48 Å². The lowest BCUT2D eigenvalue weighted by Crippen LogP contribution is -2.66. The molecule has 0 saturated heterocycles. The fourth-order valence-corrected chi connectivity index (χ4v) is 16.3. The maximum Gasteiger partial charge on any atom is 0.276 e. The highest BCUT2D eigenvalue weighted by Crippen LogP contribution is 2.39. The fraction of sp³-hybridized carbons (Fsp3) is 0.857. The monoisotopic (exact) mass is 317 g/mol. The van der Waals surface area contributed by atoms with Gasteiger partial charge in [-0.1, -0.05) is 53.0 Å². The number of hydrogen-bond donors (Lipinski definition) is 0. The number of nitrogens with zero attached hydrogens (tertiary/aromatic N) is 1. The van der Waals surface area contributed by atoms with E-state index in [1.165, 1.54) is 0 Å². The minimum Gasteiger partial charge on any atom is -0.441 e. The molecular formula is C14H35NOSi3. The summed E-state index contributed by atoms with van der Waals surface area (Å²) in [6.07, 6.45) is 0. The summed E-state index contributed by atoms with van der Waals surface area (Å²) in [6, 6.07) is 0. The van der Waals surface area contributed by atoms with Crippen LogP contribution in [-0.2, 0) is 4.12 Å². The van der Waals surface area contributed by atoms with Crippen LogP contribution in [0.4, 0.5) is 0 Å². The third kappa shape index (κ3) is 4.67. The molecule has 0 bridgehead atoms. The smallest absolute Gasteiger partial charge is 0.276 e. The Kier molecular flexibility index (Phi) is 6.07. The van der Waals surface area contributed by atoms with E-state index in [2.05, 4.69) is 83.5 Å². The second-order valence-corrected chi connectivity index (χ2v) is 21.8. The minimum absolute atomic E-state index is 0.253. The molecule has 19 heavy (non-hydrogen) atoms. The van der Waals surface area contributed by atoms with Crippen molar-refractivity contribution >= 4 is 25.0 Å². The third-order valence-corrected chi connectivity index (χ3v) is 19.0. The van der Waals surface area contributed by atoms with Gasteiger partial charge < -0.3 is 8.35 Å². The quantitative estimate of drug-likeness (QED) is 0.642. The Hall–Kier alpha value is 0.311. The fourth-order valence-electron chi connectivity index (χ4n) is 2.33. The molecule has 0 aromatic carbocycles. The van der Waals surface area contributed by atoms with Crippen LogP contribution in [0.15, 0.2) is 12.3 Å². The molecule has 0 saturated carbocycles. The van der Waals surface area contributed by atoms with Crippen molar-refractivity contribution in [3.05, 3.63) is 12.3 Å². The first-order valence-corrected chi connectivity index (χ1v) is 16.1. The van der Waals surface area contributed by atoms with Crippen molar-refractivity contribution in [2.45, 2.75) is 72.0 Å². The summed E-state index contributed by atoms with van der Waals surface area (Å²) in [4.78, 5) is 0. The normalized spacial score (nSPS) is 17.4. The van der Waals surface area contributed by atoms with E-state index in [4.69, 9.17) is 4.12 Å². The minimum atomic E-state index is -2.01. The first kappa shape index (κ1) is 19.3. The zero-order valence-electron chi connectivity index (χ0n) is 14.8. The molecule has 0 amide bonds. The van der Waals surface area contributed by atoms with Gasteiger partial charge in [0.15, 0.2) is 8.32 Å². The summed E-state index contributed by atoms with van der Waals surface area (Å²) in [6.45, 7) is 28.6. The van der Waals surface area contributed by atoms with Crippen LogP contribution in [0, 0.1) is 0 Å². The Bertz CT molecular complexity index is 318. The topological polar surface area (TPSA) is 12.5 Å². The molecule has 0 aliphatic carbocycles. The van der Waals surface area contributed by atoms with Gasteiger partial charge in [-0.15, -0.1) is 6.58 Å². The second-order valence-electron chi connectivity index (χ2n) is 8.04. The number of rotatable bonds is 6. The van der Waals surface area contributed by atoms with E-state index in [-0.39, 0.29) is 5.04 Å². The van der Waals surface area contributed by atoms with Crippen LogP contribution in [-0.4, -0.2) is 35.8 Å². The van der Waals surface area contributed by atoms with E-state index in [0.717, 1.165) is 6.54 Å². The third-order valence-electron chi connectivity index (χ3n) is 4.31. The van der Waals surface area contributed by atoms with Crippen LogP contribution in [0.3, 0.4) is 0 Å². The highest BCUT2D eigenvalue weighted by atomic mass is 28.5. The summed E-state index contributed by atoms with van der Waals surface area (Å²) in [5.74, 6) is 0. The van der Waals surface area contributed by atoms with E-state index in [1.807, 2.05) is 0 Å². The van der Waals surface area contributed by atoms with Gasteiger partial charge in [0, 0.05) is 0 Å². The lowest BCUT2D eigenvalue weighted by atomic mass is 10.2. The zero-order chi connectivity index (χ0) is 15.7. The number of hydrogen-bond acceptors (Lipinski definition) is 2. The summed E-state index contributed by atoms with van der Waals surface area (Å²) >= 11 is 0. The Labute approximate surface area is 124 Å². The van der Waals surface area contributed by atoms with Gasteiger partial charge in [-0.3, -0.25) is 0 Å². The molecule has 1 atom stereocenters. The van der Waals surface area contributed by atoms with Crippen LogP contribution >= 0.6 is 0 Å². The van der Waals surface area contributed by atoms with Gasteiger partial charge in [0.05, 0.1) is 0 Å². The van der Waals surface area contributed by atoms with Crippen LogP contribution < -0.4 is 0 Å². The molecule has 0 heterocycles. The van der Waals surface area contributed by atoms with Crippen molar-refractivity contribution in [2.75, 3.05) is 6.54 Å². The highest BCUT2D eigenvalue weighted by molar-refractivity contribution is 6.95. The Morgan fingerprint density at radius 3 is 1.68 bits per heavy atom. The van der Waals surface area contributed by atoms with Crippen LogP contribution in [0.5, 0.6) is 0 Å². The molecule has 0 N–H and O–H groups in total. The van der Waals surface area contributed by atoms with E-state index in [9.17, 15) is 0 Å². The molecule has 0 radical (unpaired) electrons. The van der Waals surface area contributed by atoms with Crippen molar-refractivity contribution in [1.82, 2.24) is 4.23 Å². The lowest BCUT2D eigenvalue weighted by molar-refractivity contribution is 0.432.